The SMILES string of the molecule is CCOC(=O)C(CC)C1C(=O)OC(=O)C1C. The quantitative estimate of drug-likeness (QED) is 0.528. The van der Waals surface area contributed by atoms with E-state index in [1.807, 2.05) is 0 Å². The van der Waals surface area contributed by atoms with E-state index in [0.717, 1.165) is 0 Å². The van der Waals surface area contributed by atoms with Crippen molar-refractivity contribution in [1.82, 2.24) is 0 Å². The fraction of sp³-hybridized carbons (Fsp3) is 0.727. The fourth-order valence-corrected chi connectivity index (χ4v) is 1.94. The number of hydrogen-bond acceptors (Lipinski definition) is 5. The molecule has 1 rings (SSSR count). The Labute approximate surface area is 94.1 Å². The van der Waals surface area contributed by atoms with Crippen molar-refractivity contribution in [3.8, 4) is 0 Å². The number of cyclic esters (lactones) is 2. The second-order valence-electron chi connectivity index (χ2n) is 3.82. The molecule has 90 valence electrons. The zero-order valence-corrected chi connectivity index (χ0v) is 9.69. The van der Waals surface area contributed by atoms with Crippen molar-refractivity contribution >= 4 is 17.9 Å². The second-order valence-corrected chi connectivity index (χ2v) is 3.82. The number of ether oxygens (including phenoxy) is 2. The summed E-state index contributed by atoms with van der Waals surface area (Å²) >= 11 is 0. The van der Waals surface area contributed by atoms with Crippen LogP contribution in [-0.4, -0.2) is 24.5 Å². The van der Waals surface area contributed by atoms with Gasteiger partial charge in [-0.15, -0.1) is 0 Å². The minimum absolute atomic E-state index is 0.263. The minimum atomic E-state index is -0.698. The van der Waals surface area contributed by atoms with E-state index in [0.29, 0.717) is 6.42 Å². The van der Waals surface area contributed by atoms with Gasteiger partial charge in [-0.3, -0.25) is 14.4 Å². The van der Waals surface area contributed by atoms with Crippen molar-refractivity contribution in [1.29, 1.82) is 0 Å². The van der Waals surface area contributed by atoms with Crippen molar-refractivity contribution in [2.75, 3.05) is 6.61 Å². The summed E-state index contributed by atoms with van der Waals surface area (Å²) in [5.41, 5.74) is 0. The highest BCUT2D eigenvalue weighted by Gasteiger charge is 2.48. The third kappa shape index (κ3) is 2.23. The Bertz CT molecular complexity index is 309. The van der Waals surface area contributed by atoms with Crippen LogP contribution in [0.25, 0.3) is 0 Å². The largest absolute Gasteiger partial charge is 0.466 e. The number of esters is 3. The van der Waals surface area contributed by atoms with Gasteiger partial charge < -0.3 is 9.47 Å². The molecule has 0 aromatic heterocycles. The summed E-state index contributed by atoms with van der Waals surface area (Å²) in [6, 6.07) is 0. The molecule has 1 aliphatic rings. The van der Waals surface area contributed by atoms with Crippen LogP contribution in [0.15, 0.2) is 0 Å². The van der Waals surface area contributed by atoms with E-state index in [-0.39, 0.29) is 6.61 Å². The van der Waals surface area contributed by atoms with Crippen LogP contribution in [0.1, 0.15) is 27.2 Å². The Balaban J connectivity index is 2.84. The predicted octanol–water partition coefficient (Wildman–Crippen LogP) is 0.911. The average molecular weight is 228 g/mol. The van der Waals surface area contributed by atoms with Gasteiger partial charge in [0.25, 0.3) is 0 Å². The molecule has 0 aromatic carbocycles. The smallest absolute Gasteiger partial charge is 0.318 e. The van der Waals surface area contributed by atoms with Crippen molar-refractivity contribution in [3.05, 3.63) is 0 Å². The van der Waals surface area contributed by atoms with Crippen LogP contribution < -0.4 is 0 Å². The highest BCUT2D eigenvalue weighted by atomic mass is 16.6. The monoisotopic (exact) mass is 228 g/mol. The van der Waals surface area contributed by atoms with Crippen molar-refractivity contribution < 1.29 is 23.9 Å². The van der Waals surface area contributed by atoms with Gasteiger partial charge in [0.05, 0.1) is 24.4 Å². The standard InChI is InChI=1S/C11H16O5/c1-4-7(10(13)15-5-2)8-6(3)9(12)16-11(8)14/h6-8H,4-5H2,1-3H3. The molecule has 0 radical (unpaired) electrons. The van der Waals surface area contributed by atoms with Gasteiger partial charge in [-0.05, 0) is 13.3 Å². The molecule has 5 nitrogen and oxygen atoms in total. The highest BCUT2D eigenvalue weighted by Crippen LogP contribution is 2.32. The summed E-state index contributed by atoms with van der Waals surface area (Å²) in [6.07, 6.45) is 0.455. The number of carbonyl (C=O) groups is 3. The molecule has 5 heteroatoms. The maximum absolute atomic E-state index is 11.6. The lowest BCUT2D eigenvalue weighted by atomic mass is 9.82. The van der Waals surface area contributed by atoms with E-state index >= 15 is 0 Å². The summed E-state index contributed by atoms with van der Waals surface area (Å²) < 4.78 is 9.39. The molecular formula is C11H16O5. The Morgan fingerprint density at radius 1 is 1.38 bits per heavy atom. The third-order valence-corrected chi connectivity index (χ3v) is 2.85. The van der Waals surface area contributed by atoms with Crippen molar-refractivity contribution in [2.45, 2.75) is 27.2 Å². The third-order valence-electron chi connectivity index (χ3n) is 2.85. The molecule has 0 N–H and O–H groups in total. The zero-order chi connectivity index (χ0) is 12.3. The normalized spacial score (nSPS) is 26.4. The Morgan fingerprint density at radius 3 is 2.38 bits per heavy atom. The topological polar surface area (TPSA) is 69.7 Å². The Hall–Kier alpha value is -1.39. The maximum Gasteiger partial charge on any atom is 0.318 e. The lowest BCUT2D eigenvalue weighted by molar-refractivity contribution is -0.158. The molecule has 0 amide bonds. The molecule has 3 unspecified atom stereocenters. The van der Waals surface area contributed by atoms with Gasteiger partial charge in [0, 0.05) is 0 Å². The minimum Gasteiger partial charge on any atom is -0.466 e. The van der Waals surface area contributed by atoms with E-state index in [4.69, 9.17) is 4.74 Å². The maximum atomic E-state index is 11.6. The summed E-state index contributed by atoms with van der Waals surface area (Å²) in [6.45, 7) is 5.34. The number of carbonyl (C=O) groups excluding carboxylic acids is 3. The van der Waals surface area contributed by atoms with Crippen LogP contribution in [-0.2, 0) is 23.9 Å². The van der Waals surface area contributed by atoms with E-state index in [2.05, 4.69) is 4.74 Å². The van der Waals surface area contributed by atoms with Gasteiger partial charge in [0.1, 0.15) is 0 Å². The van der Waals surface area contributed by atoms with E-state index in [1.54, 1.807) is 20.8 Å². The van der Waals surface area contributed by atoms with Crippen molar-refractivity contribution in [2.24, 2.45) is 17.8 Å². The van der Waals surface area contributed by atoms with E-state index in [1.165, 1.54) is 0 Å². The molecule has 1 aliphatic heterocycles. The first-order chi connectivity index (χ1) is 7.52. The van der Waals surface area contributed by atoms with Gasteiger partial charge in [-0.2, -0.15) is 0 Å². The van der Waals surface area contributed by atoms with Crippen molar-refractivity contribution in [3.63, 3.8) is 0 Å². The molecule has 0 aliphatic carbocycles. The fourth-order valence-electron chi connectivity index (χ4n) is 1.94. The lowest BCUT2D eigenvalue weighted by Crippen LogP contribution is -2.31. The molecule has 3 atom stereocenters. The van der Waals surface area contributed by atoms with Crippen LogP contribution in [0.2, 0.25) is 0 Å². The molecule has 0 saturated carbocycles. The molecule has 1 fully saturated rings. The molecule has 0 bridgehead atoms. The molecule has 1 saturated heterocycles. The van der Waals surface area contributed by atoms with Crippen LogP contribution in [0.5, 0.6) is 0 Å². The first kappa shape index (κ1) is 12.7. The van der Waals surface area contributed by atoms with Gasteiger partial charge >= 0.3 is 17.9 Å². The van der Waals surface area contributed by atoms with Crippen LogP contribution >= 0.6 is 0 Å². The summed E-state index contributed by atoms with van der Waals surface area (Å²) in [5.74, 6) is -3.46. The molecule has 0 aromatic rings. The van der Waals surface area contributed by atoms with Gasteiger partial charge in [0.15, 0.2) is 0 Å². The van der Waals surface area contributed by atoms with Crippen LogP contribution in [0, 0.1) is 17.8 Å². The summed E-state index contributed by atoms with van der Waals surface area (Å²) in [4.78, 5) is 34.3. The van der Waals surface area contributed by atoms with Gasteiger partial charge in [-0.1, -0.05) is 13.8 Å². The molecule has 16 heavy (non-hydrogen) atoms. The average Bonchev–Trinajstić information content (AvgIpc) is 2.46. The molecule has 1 heterocycles. The van der Waals surface area contributed by atoms with Gasteiger partial charge in [-0.25, -0.2) is 0 Å². The summed E-state index contributed by atoms with van der Waals surface area (Å²) in [5, 5.41) is 0. The lowest BCUT2D eigenvalue weighted by Gasteiger charge is -2.19. The second kappa shape index (κ2) is 5.09. The summed E-state index contributed by atoms with van der Waals surface area (Å²) in [7, 11) is 0. The molecule has 0 spiro atoms. The van der Waals surface area contributed by atoms with E-state index in [9.17, 15) is 14.4 Å². The Morgan fingerprint density at radius 2 is 2.00 bits per heavy atom. The van der Waals surface area contributed by atoms with E-state index < -0.39 is 35.7 Å². The zero-order valence-electron chi connectivity index (χ0n) is 9.69. The number of hydrogen-bond donors (Lipinski definition) is 0. The highest BCUT2D eigenvalue weighted by molar-refractivity contribution is 5.98. The molecular weight excluding hydrogens is 212 g/mol. The van der Waals surface area contributed by atoms with Crippen LogP contribution in [0.3, 0.4) is 0 Å². The Kier molecular flexibility index (Phi) is 4.04. The first-order valence-corrected chi connectivity index (χ1v) is 5.45. The first-order valence-electron chi connectivity index (χ1n) is 5.45. The predicted molar refractivity (Wildman–Crippen MR) is 54.2 cm³/mol. The van der Waals surface area contributed by atoms with Gasteiger partial charge in [0.2, 0.25) is 0 Å². The van der Waals surface area contributed by atoms with Crippen LogP contribution in [0.4, 0.5) is 0 Å². The number of rotatable bonds is 4.